The third-order valence-corrected chi connectivity index (χ3v) is 7.02. The lowest BCUT2D eigenvalue weighted by atomic mass is 9.89. The van der Waals surface area contributed by atoms with Gasteiger partial charge in [-0.1, -0.05) is 92.2 Å². The Morgan fingerprint density at radius 3 is 2.05 bits per heavy atom. The maximum Gasteiger partial charge on any atom is 0.316 e. The van der Waals surface area contributed by atoms with Gasteiger partial charge in [-0.15, -0.1) is 0 Å². The number of likely N-dealkylation sites (tertiary alicyclic amines) is 1. The molecule has 0 radical (unpaired) electrons. The lowest BCUT2D eigenvalue weighted by Gasteiger charge is -2.44. The fourth-order valence-electron chi connectivity index (χ4n) is 5.05. The van der Waals surface area contributed by atoms with Crippen molar-refractivity contribution in [3.63, 3.8) is 0 Å². The molecule has 0 aliphatic carbocycles. The van der Waals surface area contributed by atoms with Crippen LogP contribution in [0.25, 0.3) is 0 Å². The molecule has 37 heavy (non-hydrogen) atoms. The zero-order valence-corrected chi connectivity index (χ0v) is 21.6. The summed E-state index contributed by atoms with van der Waals surface area (Å²) < 4.78 is 0. The standard InChI is InChI=1S/C31H38N4O2/c1-2-3-20-32-31(37)34-28-22-24(23-33-30(36)27-17-11-6-12-18-27)19-21-35(28)29(25-13-7-4-8-14-25)26-15-9-5-10-16-26/h4-18,24,28-29H,2-3,19-23H2,1H3,(H,33,36)(H2,32,34,37). The molecule has 3 N–H and O–H groups in total. The van der Waals surface area contributed by atoms with Crippen LogP contribution in [0.15, 0.2) is 91.0 Å². The molecule has 3 aromatic carbocycles. The highest BCUT2D eigenvalue weighted by Crippen LogP contribution is 2.34. The number of rotatable bonds is 10. The Morgan fingerprint density at radius 1 is 0.865 bits per heavy atom. The van der Waals surface area contributed by atoms with Gasteiger partial charge in [0.15, 0.2) is 0 Å². The predicted molar refractivity (Wildman–Crippen MR) is 148 cm³/mol. The van der Waals surface area contributed by atoms with Crippen LogP contribution >= 0.6 is 0 Å². The van der Waals surface area contributed by atoms with E-state index in [1.54, 1.807) is 0 Å². The highest BCUT2D eigenvalue weighted by molar-refractivity contribution is 5.94. The molecular weight excluding hydrogens is 460 g/mol. The van der Waals surface area contributed by atoms with Gasteiger partial charge in [0.05, 0.1) is 12.2 Å². The molecule has 1 aliphatic rings. The zero-order valence-electron chi connectivity index (χ0n) is 21.6. The maximum absolute atomic E-state index is 12.9. The van der Waals surface area contributed by atoms with E-state index in [1.165, 1.54) is 11.1 Å². The molecule has 4 rings (SSSR count). The van der Waals surface area contributed by atoms with Gasteiger partial charge in [-0.2, -0.15) is 0 Å². The van der Waals surface area contributed by atoms with E-state index in [9.17, 15) is 9.59 Å². The summed E-state index contributed by atoms with van der Waals surface area (Å²) in [7, 11) is 0. The number of hydrogen-bond donors (Lipinski definition) is 3. The van der Waals surface area contributed by atoms with Crippen LogP contribution < -0.4 is 16.0 Å². The second-order valence-corrected chi connectivity index (χ2v) is 9.70. The number of carbonyl (C=O) groups is 2. The van der Waals surface area contributed by atoms with E-state index in [0.717, 1.165) is 32.2 Å². The number of benzene rings is 3. The Bertz CT molecular complexity index is 1070. The van der Waals surface area contributed by atoms with E-state index in [1.807, 2.05) is 42.5 Å². The van der Waals surface area contributed by atoms with Crippen molar-refractivity contribution >= 4 is 11.9 Å². The fraction of sp³-hybridized carbons (Fsp3) is 0.355. The third-order valence-electron chi connectivity index (χ3n) is 7.02. The van der Waals surface area contributed by atoms with E-state index in [2.05, 4.69) is 76.3 Å². The maximum atomic E-state index is 12.9. The zero-order chi connectivity index (χ0) is 25.9. The first-order chi connectivity index (χ1) is 18.2. The van der Waals surface area contributed by atoms with Gasteiger partial charge in [0, 0.05) is 25.2 Å². The van der Waals surface area contributed by atoms with E-state index in [4.69, 9.17) is 0 Å². The summed E-state index contributed by atoms with van der Waals surface area (Å²) in [6.07, 6.45) is 3.50. The molecule has 3 aromatic rings. The first-order valence-corrected chi connectivity index (χ1v) is 13.4. The van der Waals surface area contributed by atoms with Crippen LogP contribution in [0.4, 0.5) is 4.79 Å². The molecule has 0 saturated carbocycles. The second-order valence-electron chi connectivity index (χ2n) is 9.70. The smallest absolute Gasteiger partial charge is 0.316 e. The Labute approximate surface area is 220 Å². The highest BCUT2D eigenvalue weighted by atomic mass is 16.2. The molecule has 0 bridgehead atoms. The summed E-state index contributed by atoms with van der Waals surface area (Å²) >= 11 is 0. The Morgan fingerprint density at radius 2 is 1.46 bits per heavy atom. The van der Waals surface area contributed by atoms with Crippen LogP contribution in [0, 0.1) is 5.92 Å². The van der Waals surface area contributed by atoms with Gasteiger partial charge in [-0.05, 0) is 48.4 Å². The molecule has 2 unspecified atom stereocenters. The number of amides is 3. The second kappa shape index (κ2) is 13.6. The van der Waals surface area contributed by atoms with Gasteiger partial charge in [0.25, 0.3) is 5.91 Å². The average Bonchev–Trinajstić information content (AvgIpc) is 2.94. The first kappa shape index (κ1) is 26.4. The van der Waals surface area contributed by atoms with E-state index in [0.29, 0.717) is 18.7 Å². The van der Waals surface area contributed by atoms with Crippen molar-refractivity contribution in [1.82, 2.24) is 20.9 Å². The Kier molecular flexibility index (Phi) is 9.72. The molecule has 1 aliphatic heterocycles. The molecular formula is C31H38N4O2. The van der Waals surface area contributed by atoms with Crippen LogP contribution in [0.5, 0.6) is 0 Å². The first-order valence-electron chi connectivity index (χ1n) is 13.4. The summed E-state index contributed by atoms with van der Waals surface area (Å²) in [5.41, 5.74) is 3.06. The highest BCUT2D eigenvalue weighted by Gasteiger charge is 2.35. The minimum Gasteiger partial charge on any atom is -0.352 e. The minimum atomic E-state index is -0.167. The lowest BCUT2D eigenvalue weighted by Crippen LogP contribution is -2.56. The van der Waals surface area contributed by atoms with Crippen LogP contribution in [0.3, 0.4) is 0 Å². The van der Waals surface area contributed by atoms with Crippen molar-refractivity contribution in [2.45, 2.75) is 44.8 Å². The van der Waals surface area contributed by atoms with Gasteiger partial charge in [-0.25, -0.2) is 4.79 Å². The topological polar surface area (TPSA) is 73.5 Å². The number of hydrogen-bond acceptors (Lipinski definition) is 3. The molecule has 1 heterocycles. The van der Waals surface area contributed by atoms with Crippen molar-refractivity contribution in [3.05, 3.63) is 108 Å². The van der Waals surface area contributed by atoms with Crippen LogP contribution in [-0.4, -0.2) is 42.6 Å². The quantitative estimate of drug-likeness (QED) is 0.330. The van der Waals surface area contributed by atoms with Crippen molar-refractivity contribution in [3.8, 4) is 0 Å². The lowest BCUT2D eigenvalue weighted by molar-refractivity contribution is 0.0645. The SMILES string of the molecule is CCCCNC(=O)NC1CC(CNC(=O)c2ccccc2)CCN1C(c1ccccc1)c1ccccc1. The van der Waals surface area contributed by atoms with E-state index >= 15 is 0 Å². The van der Waals surface area contributed by atoms with Gasteiger partial charge >= 0.3 is 6.03 Å². The molecule has 1 fully saturated rings. The average molecular weight is 499 g/mol. The molecule has 1 saturated heterocycles. The van der Waals surface area contributed by atoms with E-state index in [-0.39, 0.29) is 30.1 Å². The van der Waals surface area contributed by atoms with Gasteiger partial charge in [0.2, 0.25) is 0 Å². The number of urea groups is 1. The fourth-order valence-corrected chi connectivity index (χ4v) is 5.05. The largest absolute Gasteiger partial charge is 0.352 e. The summed E-state index contributed by atoms with van der Waals surface area (Å²) in [6.45, 7) is 4.16. The van der Waals surface area contributed by atoms with Gasteiger partial charge in [0.1, 0.15) is 0 Å². The Hall–Kier alpha value is -3.64. The van der Waals surface area contributed by atoms with Crippen LogP contribution in [0.1, 0.15) is 60.1 Å². The van der Waals surface area contributed by atoms with Crippen molar-refractivity contribution in [1.29, 1.82) is 0 Å². The summed E-state index contributed by atoms with van der Waals surface area (Å²) in [5.74, 6) is 0.202. The molecule has 6 nitrogen and oxygen atoms in total. The minimum absolute atomic E-state index is 0.0169. The normalized spacial score (nSPS) is 17.8. The predicted octanol–water partition coefficient (Wildman–Crippen LogP) is 5.34. The molecule has 194 valence electrons. The van der Waals surface area contributed by atoms with Crippen molar-refractivity contribution in [2.24, 2.45) is 5.92 Å². The Balaban J connectivity index is 1.52. The molecule has 3 amide bonds. The molecule has 2 atom stereocenters. The summed E-state index contributed by atoms with van der Waals surface area (Å²) in [5, 5.41) is 9.38. The van der Waals surface area contributed by atoms with Gasteiger partial charge < -0.3 is 16.0 Å². The number of carbonyl (C=O) groups excluding carboxylic acids is 2. The van der Waals surface area contributed by atoms with Crippen LogP contribution in [0.2, 0.25) is 0 Å². The van der Waals surface area contributed by atoms with E-state index < -0.39 is 0 Å². The number of unbranched alkanes of at least 4 members (excludes halogenated alkanes) is 1. The monoisotopic (exact) mass is 498 g/mol. The molecule has 0 aromatic heterocycles. The van der Waals surface area contributed by atoms with Crippen molar-refractivity contribution < 1.29 is 9.59 Å². The number of nitrogens with one attached hydrogen (secondary N) is 3. The molecule has 6 heteroatoms. The summed E-state index contributed by atoms with van der Waals surface area (Å²) in [6, 6.07) is 30.1. The van der Waals surface area contributed by atoms with Gasteiger partial charge in [-0.3, -0.25) is 9.69 Å². The molecule has 0 spiro atoms. The van der Waals surface area contributed by atoms with Crippen LogP contribution in [-0.2, 0) is 0 Å². The third kappa shape index (κ3) is 7.43. The summed E-state index contributed by atoms with van der Waals surface area (Å²) in [4.78, 5) is 27.9. The number of piperidine rings is 1. The van der Waals surface area contributed by atoms with Crippen molar-refractivity contribution in [2.75, 3.05) is 19.6 Å². The number of nitrogens with zero attached hydrogens (tertiary/aromatic N) is 1.